The van der Waals surface area contributed by atoms with Crippen LogP contribution >= 0.6 is 0 Å². The lowest BCUT2D eigenvalue weighted by molar-refractivity contribution is -0.138. The van der Waals surface area contributed by atoms with Gasteiger partial charge in [0.25, 0.3) is 0 Å². The Morgan fingerprint density at radius 3 is 2.51 bits per heavy atom. The Kier molecular flexibility index (Phi) is 6.38. The van der Waals surface area contributed by atoms with Crippen molar-refractivity contribution < 1.29 is 22.8 Å². The SMILES string of the molecule is Cc1cc(CNC(=O)C(=O)Nc2c[nH]c3ccc(-c4cnn(C(C)C)c4)cc23)ccc1C(F)(F)F. The number of carbonyl (C=O) groups excluding carboxylic acids is 2. The van der Waals surface area contributed by atoms with E-state index in [1.807, 2.05) is 42.9 Å². The number of amides is 2. The number of hydrogen-bond acceptors (Lipinski definition) is 3. The minimum atomic E-state index is -4.44. The first kappa shape index (κ1) is 24.1. The zero-order chi connectivity index (χ0) is 25.3. The number of halogens is 3. The van der Waals surface area contributed by atoms with Crippen LogP contribution in [0.3, 0.4) is 0 Å². The third-order valence-electron chi connectivity index (χ3n) is 5.65. The topological polar surface area (TPSA) is 91.8 Å². The number of alkyl halides is 3. The van der Waals surface area contributed by atoms with Gasteiger partial charge in [-0.25, -0.2) is 0 Å². The summed E-state index contributed by atoms with van der Waals surface area (Å²) in [6, 6.07) is 9.50. The summed E-state index contributed by atoms with van der Waals surface area (Å²) in [5, 5.41) is 10.1. The van der Waals surface area contributed by atoms with E-state index in [2.05, 4.69) is 20.7 Å². The molecule has 0 spiro atoms. The monoisotopic (exact) mass is 483 g/mol. The smallest absolute Gasteiger partial charge is 0.359 e. The van der Waals surface area contributed by atoms with Crippen molar-refractivity contribution in [1.29, 1.82) is 0 Å². The summed E-state index contributed by atoms with van der Waals surface area (Å²) < 4.78 is 40.6. The van der Waals surface area contributed by atoms with Crippen LogP contribution in [0.4, 0.5) is 18.9 Å². The molecule has 0 aliphatic heterocycles. The van der Waals surface area contributed by atoms with E-state index in [-0.39, 0.29) is 18.2 Å². The number of hydrogen-bond donors (Lipinski definition) is 3. The van der Waals surface area contributed by atoms with Crippen molar-refractivity contribution in [2.45, 2.75) is 39.5 Å². The molecule has 3 N–H and O–H groups in total. The standard InChI is InChI=1S/C25H24F3N5O2/c1-14(2)33-13-18(11-31-33)17-5-7-21-19(9-17)22(12-29-21)32-24(35)23(34)30-10-16-4-6-20(15(3)8-16)25(26,27)28/h4-9,11-14,29H,10H2,1-3H3,(H,30,34)(H,32,35). The van der Waals surface area contributed by atoms with Crippen molar-refractivity contribution in [3.8, 4) is 11.1 Å². The Balaban J connectivity index is 1.44. The number of carbonyl (C=O) groups is 2. The van der Waals surface area contributed by atoms with E-state index in [4.69, 9.17) is 0 Å². The predicted molar refractivity (Wildman–Crippen MR) is 127 cm³/mol. The van der Waals surface area contributed by atoms with E-state index < -0.39 is 23.6 Å². The zero-order valence-electron chi connectivity index (χ0n) is 19.3. The van der Waals surface area contributed by atoms with Gasteiger partial charge in [-0.3, -0.25) is 14.3 Å². The van der Waals surface area contributed by atoms with Crippen LogP contribution in [0, 0.1) is 6.92 Å². The lowest BCUT2D eigenvalue weighted by Gasteiger charge is -2.12. The van der Waals surface area contributed by atoms with Crippen molar-refractivity contribution in [3.05, 3.63) is 71.7 Å². The molecule has 0 aliphatic carbocycles. The average molecular weight is 483 g/mol. The van der Waals surface area contributed by atoms with Crippen LogP contribution in [0.5, 0.6) is 0 Å². The number of nitrogens with zero attached hydrogens (tertiary/aromatic N) is 2. The van der Waals surface area contributed by atoms with Gasteiger partial charge in [0.1, 0.15) is 0 Å². The maximum absolute atomic E-state index is 12.9. The lowest BCUT2D eigenvalue weighted by atomic mass is 10.0. The molecule has 7 nitrogen and oxygen atoms in total. The highest BCUT2D eigenvalue weighted by molar-refractivity contribution is 6.40. The number of nitrogens with one attached hydrogen (secondary N) is 3. The minimum Gasteiger partial charge on any atom is -0.359 e. The summed E-state index contributed by atoms with van der Waals surface area (Å²) in [5.41, 5.74) is 2.80. The maximum Gasteiger partial charge on any atom is 0.416 e. The largest absolute Gasteiger partial charge is 0.416 e. The van der Waals surface area contributed by atoms with E-state index in [1.165, 1.54) is 19.1 Å². The number of fused-ring (bicyclic) bond motifs is 1. The van der Waals surface area contributed by atoms with Crippen molar-refractivity contribution in [1.82, 2.24) is 20.1 Å². The molecule has 0 atom stereocenters. The van der Waals surface area contributed by atoms with Gasteiger partial charge in [-0.05, 0) is 55.7 Å². The van der Waals surface area contributed by atoms with Crippen LogP contribution < -0.4 is 10.6 Å². The molecule has 2 aromatic carbocycles. The van der Waals surface area contributed by atoms with Crippen LogP contribution in [-0.4, -0.2) is 26.6 Å². The predicted octanol–water partition coefficient (Wildman–Crippen LogP) is 5.19. The molecule has 0 saturated heterocycles. The molecule has 10 heteroatoms. The molecule has 2 heterocycles. The molecule has 0 bridgehead atoms. The molecule has 4 rings (SSSR count). The number of aromatic amines is 1. The molecule has 2 aromatic heterocycles. The molecule has 0 aliphatic rings. The lowest BCUT2D eigenvalue weighted by Crippen LogP contribution is -2.34. The van der Waals surface area contributed by atoms with E-state index in [1.54, 1.807) is 12.4 Å². The first-order valence-electron chi connectivity index (χ1n) is 10.9. The second kappa shape index (κ2) is 9.28. The quantitative estimate of drug-likeness (QED) is 0.341. The molecule has 35 heavy (non-hydrogen) atoms. The number of aromatic nitrogens is 3. The van der Waals surface area contributed by atoms with Gasteiger partial charge in [-0.15, -0.1) is 0 Å². The van der Waals surface area contributed by atoms with E-state index in [0.717, 1.165) is 28.1 Å². The molecule has 0 saturated carbocycles. The number of aryl methyl sites for hydroxylation is 1. The fourth-order valence-electron chi connectivity index (χ4n) is 3.77. The molecule has 4 aromatic rings. The fourth-order valence-corrected chi connectivity index (χ4v) is 3.77. The molecule has 2 amide bonds. The molecular weight excluding hydrogens is 459 g/mol. The van der Waals surface area contributed by atoms with Gasteiger partial charge in [0.15, 0.2) is 0 Å². The second-order valence-electron chi connectivity index (χ2n) is 8.55. The Morgan fingerprint density at radius 1 is 1.09 bits per heavy atom. The maximum atomic E-state index is 12.9. The van der Waals surface area contributed by atoms with Gasteiger partial charge in [-0.1, -0.05) is 18.2 Å². The van der Waals surface area contributed by atoms with Gasteiger partial charge in [0, 0.05) is 41.4 Å². The third-order valence-corrected chi connectivity index (χ3v) is 5.65. The first-order valence-corrected chi connectivity index (χ1v) is 10.9. The Morgan fingerprint density at radius 2 is 1.86 bits per heavy atom. The van der Waals surface area contributed by atoms with Gasteiger partial charge in [0.2, 0.25) is 0 Å². The van der Waals surface area contributed by atoms with Crippen molar-refractivity contribution >= 4 is 28.4 Å². The Hall–Kier alpha value is -4.08. The Labute approximate surface area is 199 Å². The van der Waals surface area contributed by atoms with Crippen LogP contribution in [0.2, 0.25) is 0 Å². The highest BCUT2D eigenvalue weighted by Crippen LogP contribution is 2.32. The van der Waals surface area contributed by atoms with Gasteiger partial charge in [0.05, 0.1) is 17.4 Å². The van der Waals surface area contributed by atoms with Crippen molar-refractivity contribution in [2.24, 2.45) is 0 Å². The van der Waals surface area contributed by atoms with Crippen LogP contribution in [0.25, 0.3) is 22.0 Å². The van der Waals surface area contributed by atoms with Crippen molar-refractivity contribution in [2.75, 3.05) is 5.32 Å². The van der Waals surface area contributed by atoms with Crippen LogP contribution in [0.1, 0.15) is 36.6 Å². The Bertz CT molecular complexity index is 1400. The van der Waals surface area contributed by atoms with Gasteiger partial charge in [-0.2, -0.15) is 18.3 Å². The van der Waals surface area contributed by atoms with Gasteiger partial charge >= 0.3 is 18.0 Å². The number of benzene rings is 2. The molecule has 0 unspecified atom stereocenters. The van der Waals surface area contributed by atoms with Crippen LogP contribution in [0.15, 0.2) is 55.0 Å². The second-order valence-corrected chi connectivity index (χ2v) is 8.55. The van der Waals surface area contributed by atoms with E-state index in [9.17, 15) is 22.8 Å². The molecule has 0 fully saturated rings. The summed E-state index contributed by atoms with van der Waals surface area (Å²) in [6.07, 6.45) is 0.853. The third kappa shape index (κ3) is 5.21. The summed E-state index contributed by atoms with van der Waals surface area (Å²) in [6.45, 7) is 5.33. The summed E-state index contributed by atoms with van der Waals surface area (Å²) >= 11 is 0. The summed E-state index contributed by atoms with van der Waals surface area (Å²) in [4.78, 5) is 27.8. The zero-order valence-corrected chi connectivity index (χ0v) is 19.3. The average Bonchev–Trinajstić information content (AvgIpc) is 3.44. The molecular formula is C25H24F3N5O2. The summed E-state index contributed by atoms with van der Waals surface area (Å²) in [7, 11) is 0. The number of H-pyrrole nitrogens is 1. The minimum absolute atomic E-state index is 0.0437. The fraction of sp³-hybridized carbons (Fsp3) is 0.240. The van der Waals surface area contributed by atoms with E-state index in [0.29, 0.717) is 11.3 Å². The highest BCUT2D eigenvalue weighted by atomic mass is 19.4. The van der Waals surface area contributed by atoms with E-state index >= 15 is 0 Å². The highest BCUT2D eigenvalue weighted by Gasteiger charge is 2.32. The van der Waals surface area contributed by atoms with Crippen molar-refractivity contribution in [3.63, 3.8) is 0 Å². The number of rotatable bonds is 5. The normalized spacial score (nSPS) is 11.7. The van der Waals surface area contributed by atoms with Crippen LogP contribution in [-0.2, 0) is 22.3 Å². The van der Waals surface area contributed by atoms with Gasteiger partial charge < -0.3 is 15.6 Å². The molecule has 182 valence electrons. The first-order chi connectivity index (χ1) is 16.5. The molecule has 0 radical (unpaired) electrons. The number of anilines is 1. The summed E-state index contributed by atoms with van der Waals surface area (Å²) in [5.74, 6) is -1.78.